The molecule has 1 heterocycles. The third-order valence-corrected chi connectivity index (χ3v) is 5.34. The van der Waals surface area contributed by atoms with Gasteiger partial charge in [-0.2, -0.15) is 0 Å². The van der Waals surface area contributed by atoms with Crippen molar-refractivity contribution in [1.82, 2.24) is 15.5 Å². The van der Waals surface area contributed by atoms with Crippen LogP contribution in [0.25, 0.3) is 0 Å². The van der Waals surface area contributed by atoms with E-state index in [0.29, 0.717) is 25.7 Å². The molecule has 0 atom stereocenters. The normalized spacial score (nSPS) is 16.1. The van der Waals surface area contributed by atoms with E-state index in [-0.39, 0.29) is 5.60 Å². The van der Waals surface area contributed by atoms with Crippen molar-refractivity contribution >= 4 is 5.96 Å². The Morgan fingerprint density at radius 3 is 2.72 bits per heavy atom. The molecule has 0 unspecified atom stereocenters. The van der Waals surface area contributed by atoms with E-state index in [4.69, 9.17) is 14.2 Å². The number of rotatable bonds is 10. The monoisotopic (exact) mass is 406 g/mol. The Labute approximate surface area is 175 Å². The quantitative estimate of drug-likeness (QED) is 0.459. The Bertz CT molecular complexity index is 630. The lowest BCUT2D eigenvalue weighted by molar-refractivity contribution is 0.0268. The van der Waals surface area contributed by atoms with Crippen molar-refractivity contribution in [3.63, 3.8) is 0 Å². The minimum absolute atomic E-state index is 0.247. The zero-order chi connectivity index (χ0) is 21.1. The Balaban J connectivity index is 1.75. The minimum atomic E-state index is -0.247. The summed E-state index contributed by atoms with van der Waals surface area (Å²) in [5.74, 6) is 1.65. The summed E-state index contributed by atoms with van der Waals surface area (Å²) < 4.78 is 16.9. The third kappa shape index (κ3) is 8.60. The smallest absolute Gasteiger partial charge is 0.191 e. The maximum atomic E-state index is 5.98. The molecular weight excluding hydrogens is 368 g/mol. The van der Waals surface area contributed by atoms with Gasteiger partial charge in [-0.1, -0.05) is 12.1 Å². The second-order valence-electron chi connectivity index (χ2n) is 8.06. The van der Waals surface area contributed by atoms with Crippen molar-refractivity contribution in [2.24, 2.45) is 4.99 Å². The number of guanidine groups is 1. The summed E-state index contributed by atoms with van der Waals surface area (Å²) in [6.45, 7) is 8.75. The van der Waals surface area contributed by atoms with Crippen LogP contribution in [0, 0.1) is 0 Å². The zero-order valence-electron chi connectivity index (χ0n) is 18.7. The topological polar surface area (TPSA) is 67.4 Å². The molecule has 0 radical (unpaired) electrons. The van der Waals surface area contributed by atoms with E-state index in [1.165, 1.54) is 0 Å². The number of likely N-dealkylation sites (N-methyl/N-ethyl adjacent to an activating group) is 1. The Morgan fingerprint density at radius 2 is 2.03 bits per heavy atom. The van der Waals surface area contributed by atoms with Crippen molar-refractivity contribution in [1.29, 1.82) is 0 Å². The van der Waals surface area contributed by atoms with E-state index < -0.39 is 0 Å². The van der Waals surface area contributed by atoms with Gasteiger partial charge in [0.2, 0.25) is 0 Å². The lowest BCUT2D eigenvalue weighted by Gasteiger charge is -2.31. The number of nitrogens with one attached hydrogen (secondary N) is 2. The summed E-state index contributed by atoms with van der Waals surface area (Å²) in [6, 6.07) is 8.80. The highest BCUT2D eigenvalue weighted by Crippen LogP contribution is 2.15. The molecule has 7 nitrogen and oxygen atoms in total. The average molecular weight is 407 g/mol. The molecule has 29 heavy (non-hydrogen) atoms. The lowest BCUT2D eigenvalue weighted by atomic mass is 10.1. The van der Waals surface area contributed by atoms with Crippen molar-refractivity contribution in [2.75, 3.05) is 54.1 Å². The van der Waals surface area contributed by atoms with Crippen LogP contribution in [0.1, 0.15) is 32.3 Å². The number of hydrogen-bond acceptors (Lipinski definition) is 5. The molecule has 1 aliphatic heterocycles. The summed E-state index contributed by atoms with van der Waals surface area (Å²) in [6.07, 6.45) is 2.21. The van der Waals surface area contributed by atoms with Crippen LogP contribution in [-0.4, -0.2) is 76.6 Å². The van der Waals surface area contributed by atoms with Crippen LogP contribution in [0.5, 0.6) is 5.75 Å². The molecule has 1 saturated heterocycles. The second-order valence-corrected chi connectivity index (χ2v) is 8.06. The molecule has 1 aliphatic rings. The van der Waals surface area contributed by atoms with Crippen LogP contribution in [0.4, 0.5) is 0 Å². The molecule has 2 rings (SSSR count). The van der Waals surface area contributed by atoms with Gasteiger partial charge >= 0.3 is 0 Å². The molecule has 0 saturated carbocycles. The van der Waals surface area contributed by atoms with Crippen LogP contribution in [0.15, 0.2) is 29.3 Å². The molecular formula is C22H38N4O3. The van der Waals surface area contributed by atoms with E-state index in [1.807, 2.05) is 26.0 Å². The fourth-order valence-corrected chi connectivity index (χ4v) is 3.14. The first-order chi connectivity index (χ1) is 13.9. The summed E-state index contributed by atoms with van der Waals surface area (Å²) in [5.41, 5.74) is 0.901. The van der Waals surface area contributed by atoms with Gasteiger partial charge in [-0.3, -0.25) is 9.89 Å². The SMILES string of the molecule is CN=C(NCc1cccc(OCCN(C)C2CCOCC2)c1)NCC(C)(C)OC. The molecule has 1 fully saturated rings. The molecule has 164 valence electrons. The summed E-state index contributed by atoms with van der Waals surface area (Å²) in [7, 11) is 5.65. The molecule has 1 aromatic rings. The van der Waals surface area contributed by atoms with Crippen LogP contribution in [0.3, 0.4) is 0 Å². The van der Waals surface area contributed by atoms with Gasteiger partial charge in [0, 0.05) is 53.0 Å². The maximum absolute atomic E-state index is 5.98. The Hall–Kier alpha value is -1.83. The number of methoxy groups -OCH3 is 1. The van der Waals surface area contributed by atoms with E-state index in [0.717, 1.165) is 49.9 Å². The molecule has 7 heteroatoms. The predicted molar refractivity (Wildman–Crippen MR) is 118 cm³/mol. The van der Waals surface area contributed by atoms with E-state index in [1.54, 1.807) is 14.2 Å². The van der Waals surface area contributed by atoms with Crippen molar-refractivity contribution < 1.29 is 14.2 Å². The van der Waals surface area contributed by atoms with Gasteiger partial charge in [0.05, 0.1) is 5.60 Å². The maximum Gasteiger partial charge on any atom is 0.191 e. The third-order valence-electron chi connectivity index (χ3n) is 5.34. The van der Waals surface area contributed by atoms with Gasteiger partial charge in [-0.15, -0.1) is 0 Å². The highest BCUT2D eigenvalue weighted by Gasteiger charge is 2.18. The molecule has 2 N–H and O–H groups in total. The summed E-state index contributed by atoms with van der Waals surface area (Å²) >= 11 is 0. The number of nitrogens with zero attached hydrogens (tertiary/aromatic N) is 2. The molecule has 0 aromatic heterocycles. The van der Waals surface area contributed by atoms with Gasteiger partial charge in [-0.05, 0) is 51.4 Å². The van der Waals surface area contributed by atoms with Gasteiger partial charge in [-0.25, -0.2) is 0 Å². The lowest BCUT2D eigenvalue weighted by Crippen LogP contribution is -2.45. The number of aliphatic imine (C=N–C) groups is 1. The largest absolute Gasteiger partial charge is 0.492 e. The fourth-order valence-electron chi connectivity index (χ4n) is 3.14. The van der Waals surface area contributed by atoms with E-state index >= 15 is 0 Å². The van der Waals surface area contributed by atoms with Gasteiger partial charge in [0.15, 0.2) is 5.96 Å². The number of benzene rings is 1. The van der Waals surface area contributed by atoms with Crippen LogP contribution >= 0.6 is 0 Å². The summed E-state index contributed by atoms with van der Waals surface area (Å²) in [5, 5.41) is 6.63. The first-order valence-electron chi connectivity index (χ1n) is 10.4. The van der Waals surface area contributed by atoms with Crippen LogP contribution < -0.4 is 15.4 Å². The predicted octanol–water partition coefficient (Wildman–Crippen LogP) is 2.27. The van der Waals surface area contributed by atoms with E-state index in [2.05, 4.69) is 39.7 Å². The Kier molecular flexibility index (Phi) is 9.70. The molecule has 0 spiro atoms. The van der Waals surface area contributed by atoms with Gasteiger partial charge < -0.3 is 24.8 Å². The Morgan fingerprint density at radius 1 is 1.28 bits per heavy atom. The van der Waals surface area contributed by atoms with Gasteiger partial charge in [0.1, 0.15) is 12.4 Å². The zero-order valence-corrected chi connectivity index (χ0v) is 18.7. The van der Waals surface area contributed by atoms with Crippen LogP contribution in [0.2, 0.25) is 0 Å². The first-order valence-corrected chi connectivity index (χ1v) is 10.4. The molecule has 0 amide bonds. The van der Waals surface area contributed by atoms with Crippen LogP contribution in [-0.2, 0) is 16.0 Å². The van der Waals surface area contributed by atoms with Crippen molar-refractivity contribution in [3.05, 3.63) is 29.8 Å². The van der Waals surface area contributed by atoms with E-state index in [9.17, 15) is 0 Å². The number of hydrogen-bond donors (Lipinski definition) is 2. The highest BCUT2D eigenvalue weighted by atomic mass is 16.5. The number of ether oxygens (including phenoxy) is 3. The molecule has 1 aromatic carbocycles. The summed E-state index contributed by atoms with van der Waals surface area (Å²) in [4.78, 5) is 6.65. The fraction of sp³-hybridized carbons (Fsp3) is 0.682. The molecule has 0 bridgehead atoms. The first kappa shape index (κ1) is 23.4. The van der Waals surface area contributed by atoms with Crippen molar-refractivity contribution in [2.45, 2.75) is 44.9 Å². The van der Waals surface area contributed by atoms with Crippen molar-refractivity contribution in [3.8, 4) is 5.75 Å². The standard InChI is InChI=1S/C22H38N4O3/c1-22(2,27-5)17-25-21(23-3)24-16-18-7-6-8-20(15-18)29-14-11-26(4)19-9-12-28-13-10-19/h6-8,15,19H,9-14,16-17H2,1-5H3,(H2,23,24,25). The average Bonchev–Trinajstić information content (AvgIpc) is 2.74. The second kappa shape index (κ2) is 12.0. The highest BCUT2D eigenvalue weighted by molar-refractivity contribution is 5.79. The van der Waals surface area contributed by atoms with Gasteiger partial charge in [0.25, 0.3) is 0 Å². The molecule has 0 aliphatic carbocycles. The minimum Gasteiger partial charge on any atom is -0.492 e.